The molecule has 346 valence electrons. The second-order valence-corrected chi connectivity index (χ2v) is 16.0. The van der Waals surface area contributed by atoms with Gasteiger partial charge < -0.3 is 14.2 Å². The van der Waals surface area contributed by atoms with Gasteiger partial charge >= 0.3 is 17.9 Å². The lowest BCUT2D eigenvalue weighted by atomic mass is 10.0. The summed E-state index contributed by atoms with van der Waals surface area (Å²) < 4.78 is 16.6. The molecule has 1 unspecified atom stereocenters. The zero-order valence-corrected chi connectivity index (χ0v) is 39.4. The summed E-state index contributed by atoms with van der Waals surface area (Å²) in [7, 11) is 0. The summed E-state index contributed by atoms with van der Waals surface area (Å²) >= 11 is 0. The van der Waals surface area contributed by atoms with Crippen molar-refractivity contribution < 1.29 is 28.6 Å². The van der Waals surface area contributed by atoms with Crippen LogP contribution in [0.3, 0.4) is 0 Å². The SMILES string of the molecule is CC/C=C\C/C=C\C/C=C\C/C=C\C/C=C\CCC(=O)OCC(COC(=O)CCC/C=C\C/C=C\C/C=C\CC)OC(=O)CCCCCCCCCCCCCCCCCC. The van der Waals surface area contributed by atoms with Crippen LogP contribution in [0, 0.1) is 0 Å². The largest absolute Gasteiger partial charge is 0.462 e. The molecule has 0 heterocycles. The van der Waals surface area contributed by atoms with Gasteiger partial charge in [0.25, 0.3) is 0 Å². The van der Waals surface area contributed by atoms with Crippen LogP contribution < -0.4 is 0 Å². The first-order valence-corrected chi connectivity index (χ1v) is 24.7. The normalized spacial score (nSPS) is 12.9. The molecular weight excluding hydrogens is 757 g/mol. The minimum absolute atomic E-state index is 0.126. The maximum absolute atomic E-state index is 12.8. The number of carbonyl (C=O) groups excluding carboxylic acids is 3. The molecule has 0 saturated carbocycles. The number of carbonyl (C=O) groups is 3. The first kappa shape index (κ1) is 57.3. The third-order valence-corrected chi connectivity index (χ3v) is 10.1. The molecule has 6 heteroatoms. The molecule has 0 aromatic heterocycles. The molecule has 6 nitrogen and oxygen atoms in total. The van der Waals surface area contributed by atoms with E-state index in [1.165, 1.54) is 83.5 Å². The number of ether oxygens (including phenoxy) is 3. The zero-order valence-electron chi connectivity index (χ0n) is 39.4. The predicted octanol–water partition coefficient (Wildman–Crippen LogP) is 16.2. The molecule has 0 amide bonds. The van der Waals surface area contributed by atoms with Gasteiger partial charge in [-0.15, -0.1) is 0 Å². The Morgan fingerprint density at radius 3 is 1.08 bits per heavy atom. The molecule has 0 saturated heterocycles. The molecule has 0 fully saturated rings. The molecule has 1 atom stereocenters. The minimum Gasteiger partial charge on any atom is -0.462 e. The second-order valence-electron chi connectivity index (χ2n) is 16.0. The van der Waals surface area contributed by atoms with Crippen LogP contribution in [0.4, 0.5) is 0 Å². The Labute approximate surface area is 375 Å². The first-order valence-electron chi connectivity index (χ1n) is 24.7. The van der Waals surface area contributed by atoms with Gasteiger partial charge in [-0.1, -0.05) is 214 Å². The van der Waals surface area contributed by atoms with Gasteiger partial charge in [-0.3, -0.25) is 14.4 Å². The molecule has 0 rings (SSSR count). The van der Waals surface area contributed by atoms with E-state index in [1.807, 2.05) is 12.2 Å². The Morgan fingerprint density at radius 2 is 0.672 bits per heavy atom. The van der Waals surface area contributed by atoms with Crippen LogP contribution in [-0.4, -0.2) is 37.2 Å². The van der Waals surface area contributed by atoms with Gasteiger partial charge in [-0.2, -0.15) is 0 Å². The summed E-state index contributed by atoms with van der Waals surface area (Å²) in [4.78, 5) is 37.8. The highest BCUT2D eigenvalue weighted by atomic mass is 16.6. The fourth-order valence-electron chi connectivity index (χ4n) is 6.46. The van der Waals surface area contributed by atoms with Gasteiger partial charge in [-0.25, -0.2) is 0 Å². The van der Waals surface area contributed by atoms with Crippen molar-refractivity contribution in [3.05, 3.63) is 97.2 Å². The van der Waals surface area contributed by atoms with Crippen molar-refractivity contribution in [3.8, 4) is 0 Å². The molecule has 0 N–H and O–H groups in total. The number of allylic oxidation sites excluding steroid dienone is 16. The number of esters is 3. The molecule has 0 aromatic rings. The molecule has 0 bridgehead atoms. The van der Waals surface area contributed by atoms with E-state index in [0.717, 1.165) is 77.0 Å². The lowest BCUT2D eigenvalue weighted by molar-refractivity contribution is -0.166. The molecule has 0 radical (unpaired) electrons. The van der Waals surface area contributed by atoms with Crippen LogP contribution in [0.5, 0.6) is 0 Å². The summed E-state index contributed by atoms with van der Waals surface area (Å²) in [6.45, 7) is 6.28. The third-order valence-electron chi connectivity index (χ3n) is 10.1. The number of hydrogen-bond acceptors (Lipinski definition) is 6. The van der Waals surface area contributed by atoms with Crippen LogP contribution in [-0.2, 0) is 28.6 Å². The van der Waals surface area contributed by atoms with Gasteiger partial charge in [0.2, 0.25) is 0 Å². The van der Waals surface area contributed by atoms with Crippen molar-refractivity contribution in [1.29, 1.82) is 0 Å². The van der Waals surface area contributed by atoms with Gasteiger partial charge in [-0.05, 0) is 77.0 Å². The minimum atomic E-state index is -0.825. The van der Waals surface area contributed by atoms with Gasteiger partial charge in [0.1, 0.15) is 13.2 Å². The van der Waals surface area contributed by atoms with Crippen molar-refractivity contribution in [2.45, 2.75) is 219 Å². The van der Waals surface area contributed by atoms with Crippen molar-refractivity contribution in [3.63, 3.8) is 0 Å². The van der Waals surface area contributed by atoms with E-state index < -0.39 is 6.10 Å². The van der Waals surface area contributed by atoms with Crippen molar-refractivity contribution >= 4 is 17.9 Å². The molecule has 0 aliphatic carbocycles. The van der Waals surface area contributed by atoms with Crippen molar-refractivity contribution in [2.24, 2.45) is 0 Å². The average Bonchev–Trinajstić information content (AvgIpc) is 3.26. The van der Waals surface area contributed by atoms with Crippen LogP contribution >= 0.6 is 0 Å². The Bertz CT molecular complexity index is 1250. The average molecular weight is 847 g/mol. The van der Waals surface area contributed by atoms with E-state index in [4.69, 9.17) is 14.2 Å². The zero-order chi connectivity index (χ0) is 44.4. The molecule has 0 aromatic carbocycles. The number of rotatable bonds is 43. The topological polar surface area (TPSA) is 78.9 Å². The number of unbranched alkanes of at least 4 members (excludes halogenated alkanes) is 16. The fourth-order valence-corrected chi connectivity index (χ4v) is 6.46. The van der Waals surface area contributed by atoms with E-state index in [9.17, 15) is 14.4 Å². The van der Waals surface area contributed by atoms with Crippen LogP contribution in [0.2, 0.25) is 0 Å². The quantitative estimate of drug-likeness (QED) is 0.0263. The molecular formula is C55H90O6. The third kappa shape index (κ3) is 47.2. The smallest absolute Gasteiger partial charge is 0.306 e. The molecule has 0 spiro atoms. The molecule has 0 aliphatic heterocycles. The van der Waals surface area contributed by atoms with Crippen LogP contribution in [0.1, 0.15) is 213 Å². The Morgan fingerprint density at radius 1 is 0.344 bits per heavy atom. The lowest BCUT2D eigenvalue weighted by Gasteiger charge is -2.18. The summed E-state index contributed by atoms with van der Waals surface area (Å²) in [5.41, 5.74) is 0. The second kappa shape index (κ2) is 49.0. The summed E-state index contributed by atoms with van der Waals surface area (Å²) in [6.07, 6.45) is 64.2. The van der Waals surface area contributed by atoms with E-state index in [2.05, 4.69) is 106 Å². The first-order chi connectivity index (χ1) is 30.0. The highest BCUT2D eigenvalue weighted by Crippen LogP contribution is 2.15. The summed E-state index contributed by atoms with van der Waals surface area (Å²) in [5.74, 6) is -1.06. The Kier molecular flexibility index (Phi) is 46.0. The highest BCUT2D eigenvalue weighted by Gasteiger charge is 2.19. The Balaban J connectivity index is 4.52. The van der Waals surface area contributed by atoms with Gasteiger partial charge in [0.15, 0.2) is 6.10 Å². The predicted molar refractivity (Wildman–Crippen MR) is 260 cm³/mol. The fraction of sp³-hybridized carbons (Fsp3) is 0.655. The van der Waals surface area contributed by atoms with Crippen molar-refractivity contribution in [1.82, 2.24) is 0 Å². The van der Waals surface area contributed by atoms with E-state index in [1.54, 1.807) is 0 Å². The maximum atomic E-state index is 12.8. The monoisotopic (exact) mass is 847 g/mol. The van der Waals surface area contributed by atoms with Crippen molar-refractivity contribution in [2.75, 3.05) is 13.2 Å². The van der Waals surface area contributed by atoms with E-state index in [0.29, 0.717) is 19.3 Å². The summed E-state index contributed by atoms with van der Waals surface area (Å²) in [5, 5.41) is 0. The summed E-state index contributed by atoms with van der Waals surface area (Å²) in [6, 6.07) is 0. The molecule has 61 heavy (non-hydrogen) atoms. The van der Waals surface area contributed by atoms with Gasteiger partial charge in [0, 0.05) is 19.3 Å². The Hall–Kier alpha value is -3.67. The van der Waals surface area contributed by atoms with Crippen LogP contribution in [0.25, 0.3) is 0 Å². The lowest BCUT2D eigenvalue weighted by Crippen LogP contribution is -2.30. The van der Waals surface area contributed by atoms with E-state index in [-0.39, 0.29) is 44.0 Å². The standard InChI is InChI=1S/C55H90O6/c1-4-7-10-13-16-19-22-24-26-28-30-33-36-39-42-45-48-54(57)60-51-52(50-59-53(56)47-44-41-38-35-32-21-18-15-12-9-6-3)61-55(58)49-46-43-40-37-34-31-29-27-25-23-20-17-14-11-8-5-2/h7,9-10,12,16,18-19,21,24,26,30,33,35,38-39,42,52H,4-6,8,11,13-15,17,20,22-23,25,27-29,31-32,34,36-37,40-41,43-51H2,1-3H3/b10-7-,12-9-,19-16-,21-18-,26-24-,33-30-,38-35-,42-39-. The molecule has 0 aliphatic rings. The van der Waals surface area contributed by atoms with E-state index >= 15 is 0 Å². The van der Waals surface area contributed by atoms with Crippen LogP contribution in [0.15, 0.2) is 97.2 Å². The highest BCUT2D eigenvalue weighted by molar-refractivity contribution is 5.71. The maximum Gasteiger partial charge on any atom is 0.306 e. The number of hydrogen-bond donors (Lipinski definition) is 0. The van der Waals surface area contributed by atoms with Gasteiger partial charge in [0.05, 0.1) is 0 Å².